The van der Waals surface area contributed by atoms with Crippen molar-refractivity contribution in [1.29, 1.82) is 0 Å². The molecule has 0 aromatic carbocycles. The second kappa shape index (κ2) is 3.25. The van der Waals surface area contributed by atoms with Crippen LogP contribution in [0.2, 0.25) is 0 Å². The topological polar surface area (TPSA) is 17.8 Å². The van der Waals surface area contributed by atoms with E-state index in [0.717, 1.165) is 12.8 Å². The van der Waals surface area contributed by atoms with Gasteiger partial charge in [-0.1, -0.05) is 0 Å². The minimum atomic E-state index is -0.289. The normalized spacial score (nSPS) is 16.1. The highest BCUT2D eigenvalue weighted by molar-refractivity contribution is 5.16. The summed E-state index contributed by atoms with van der Waals surface area (Å²) in [5, 5.41) is 0. The Morgan fingerprint density at radius 2 is 2.25 bits per heavy atom. The van der Waals surface area contributed by atoms with E-state index >= 15 is 0 Å². The summed E-state index contributed by atoms with van der Waals surface area (Å²) in [5.74, 6) is 0. The molecule has 0 unspecified atom stereocenters. The van der Waals surface area contributed by atoms with Crippen LogP contribution < -0.4 is 0 Å². The molecule has 0 spiro atoms. The second-order valence-corrected chi connectivity index (χ2v) is 3.23. The van der Waals surface area contributed by atoms with Gasteiger partial charge < -0.3 is 4.57 Å². The molecule has 0 bridgehead atoms. The summed E-state index contributed by atoms with van der Waals surface area (Å²) in [4.78, 5) is 4.27. The quantitative estimate of drug-likeness (QED) is 0.657. The average Bonchev–Trinajstić information content (AvgIpc) is 2.50. The SMILES string of the molecule is FCCn1cnc2c1CCCC2. The molecule has 1 heterocycles. The number of aromatic nitrogens is 2. The minimum Gasteiger partial charge on any atom is -0.332 e. The van der Waals surface area contributed by atoms with Gasteiger partial charge in [0, 0.05) is 5.69 Å². The number of hydrogen-bond donors (Lipinski definition) is 0. The molecular weight excluding hydrogens is 155 g/mol. The van der Waals surface area contributed by atoms with Crippen molar-refractivity contribution >= 4 is 0 Å². The Labute approximate surface area is 71.4 Å². The maximum atomic E-state index is 12.1. The molecule has 0 atom stereocenters. The van der Waals surface area contributed by atoms with E-state index in [2.05, 4.69) is 4.98 Å². The zero-order valence-electron chi connectivity index (χ0n) is 7.09. The number of rotatable bonds is 2. The maximum Gasteiger partial charge on any atom is 0.107 e. The van der Waals surface area contributed by atoms with Crippen LogP contribution in [-0.4, -0.2) is 16.2 Å². The van der Waals surface area contributed by atoms with Crippen molar-refractivity contribution in [2.75, 3.05) is 6.67 Å². The van der Waals surface area contributed by atoms with Gasteiger partial charge in [-0.3, -0.25) is 0 Å². The van der Waals surface area contributed by atoms with Crippen LogP contribution in [0.25, 0.3) is 0 Å². The third-order valence-electron chi connectivity index (χ3n) is 2.44. The lowest BCUT2D eigenvalue weighted by Crippen LogP contribution is -2.08. The van der Waals surface area contributed by atoms with Gasteiger partial charge in [0.1, 0.15) is 6.67 Å². The average molecular weight is 168 g/mol. The highest BCUT2D eigenvalue weighted by Gasteiger charge is 2.14. The molecule has 0 fully saturated rings. The molecule has 3 heteroatoms. The molecule has 2 rings (SSSR count). The first-order valence-corrected chi connectivity index (χ1v) is 4.50. The van der Waals surface area contributed by atoms with Crippen LogP contribution in [0.4, 0.5) is 4.39 Å². The number of halogens is 1. The van der Waals surface area contributed by atoms with Crippen molar-refractivity contribution in [1.82, 2.24) is 9.55 Å². The van der Waals surface area contributed by atoms with Gasteiger partial charge in [-0.2, -0.15) is 0 Å². The van der Waals surface area contributed by atoms with Crippen molar-refractivity contribution in [3.8, 4) is 0 Å². The van der Waals surface area contributed by atoms with Crippen LogP contribution in [0.3, 0.4) is 0 Å². The predicted octanol–water partition coefficient (Wildman–Crippen LogP) is 1.73. The van der Waals surface area contributed by atoms with E-state index in [1.54, 1.807) is 6.33 Å². The Kier molecular flexibility index (Phi) is 2.11. The standard InChI is InChI=1S/C9H13FN2/c10-5-6-12-7-11-8-3-1-2-4-9(8)12/h7H,1-6H2. The predicted molar refractivity (Wildman–Crippen MR) is 44.8 cm³/mol. The Morgan fingerprint density at radius 1 is 1.42 bits per heavy atom. The van der Waals surface area contributed by atoms with Crippen LogP contribution in [0, 0.1) is 0 Å². The van der Waals surface area contributed by atoms with Crippen LogP contribution in [-0.2, 0) is 19.4 Å². The van der Waals surface area contributed by atoms with E-state index in [1.807, 2.05) is 4.57 Å². The van der Waals surface area contributed by atoms with Crippen LogP contribution in [0.5, 0.6) is 0 Å². The molecular formula is C9H13FN2. The Hall–Kier alpha value is -0.860. The van der Waals surface area contributed by atoms with E-state index in [-0.39, 0.29) is 6.67 Å². The van der Waals surface area contributed by atoms with E-state index in [9.17, 15) is 4.39 Å². The van der Waals surface area contributed by atoms with Crippen LogP contribution in [0.15, 0.2) is 6.33 Å². The highest BCUT2D eigenvalue weighted by atomic mass is 19.1. The molecule has 1 aliphatic carbocycles. The fraction of sp³-hybridized carbons (Fsp3) is 0.667. The lowest BCUT2D eigenvalue weighted by Gasteiger charge is -2.12. The van der Waals surface area contributed by atoms with Gasteiger partial charge in [-0.25, -0.2) is 9.37 Å². The smallest absolute Gasteiger partial charge is 0.107 e. The van der Waals surface area contributed by atoms with Gasteiger partial charge >= 0.3 is 0 Å². The molecule has 1 aliphatic rings. The van der Waals surface area contributed by atoms with E-state index in [0.29, 0.717) is 6.54 Å². The second-order valence-electron chi connectivity index (χ2n) is 3.23. The first kappa shape index (κ1) is 7.77. The summed E-state index contributed by atoms with van der Waals surface area (Å²) in [5.41, 5.74) is 2.45. The van der Waals surface area contributed by atoms with Crippen molar-refractivity contribution in [2.45, 2.75) is 32.2 Å². The first-order chi connectivity index (χ1) is 5.92. The zero-order chi connectivity index (χ0) is 8.39. The van der Waals surface area contributed by atoms with Gasteiger partial charge in [0.15, 0.2) is 0 Å². The summed E-state index contributed by atoms with van der Waals surface area (Å²) in [6, 6.07) is 0. The van der Waals surface area contributed by atoms with Crippen molar-refractivity contribution in [2.24, 2.45) is 0 Å². The lowest BCUT2D eigenvalue weighted by molar-refractivity contribution is 0.437. The number of imidazole rings is 1. The van der Waals surface area contributed by atoms with Gasteiger partial charge in [-0.15, -0.1) is 0 Å². The number of alkyl halides is 1. The summed E-state index contributed by atoms with van der Waals surface area (Å²) < 4.78 is 14.0. The van der Waals surface area contributed by atoms with Gasteiger partial charge in [0.2, 0.25) is 0 Å². The van der Waals surface area contributed by atoms with Gasteiger partial charge in [0.25, 0.3) is 0 Å². The molecule has 0 aliphatic heterocycles. The highest BCUT2D eigenvalue weighted by Crippen LogP contribution is 2.19. The summed E-state index contributed by atoms with van der Waals surface area (Å²) in [6.07, 6.45) is 6.39. The largest absolute Gasteiger partial charge is 0.332 e. The molecule has 12 heavy (non-hydrogen) atoms. The number of hydrogen-bond acceptors (Lipinski definition) is 1. The minimum absolute atomic E-state index is 0.289. The van der Waals surface area contributed by atoms with Gasteiger partial charge in [-0.05, 0) is 25.7 Å². The molecule has 0 amide bonds. The Bertz CT molecular complexity index is 267. The summed E-state index contributed by atoms with van der Waals surface area (Å²) in [6.45, 7) is 0.186. The summed E-state index contributed by atoms with van der Waals surface area (Å²) in [7, 11) is 0. The molecule has 0 N–H and O–H groups in total. The monoisotopic (exact) mass is 168 g/mol. The van der Waals surface area contributed by atoms with E-state index in [4.69, 9.17) is 0 Å². The molecule has 0 saturated heterocycles. The lowest BCUT2D eigenvalue weighted by atomic mass is 10.0. The molecule has 66 valence electrons. The molecule has 0 radical (unpaired) electrons. The fourth-order valence-corrected chi connectivity index (χ4v) is 1.81. The fourth-order valence-electron chi connectivity index (χ4n) is 1.81. The van der Waals surface area contributed by atoms with E-state index in [1.165, 1.54) is 24.2 Å². The third kappa shape index (κ3) is 1.24. The van der Waals surface area contributed by atoms with Crippen molar-refractivity contribution in [3.63, 3.8) is 0 Å². The van der Waals surface area contributed by atoms with Crippen molar-refractivity contribution in [3.05, 3.63) is 17.7 Å². The van der Waals surface area contributed by atoms with Crippen LogP contribution in [0.1, 0.15) is 24.2 Å². The Balaban J connectivity index is 2.25. The molecule has 0 saturated carbocycles. The van der Waals surface area contributed by atoms with E-state index < -0.39 is 0 Å². The Morgan fingerprint density at radius 3 is 3.08 bits per heavy atom. The summed E-state index contributed by atoms with van der Waals surface area (Å²) >= 11 is 0. The number of fused-ring (bicyclic) bond motifs is 1. The maximum absolute atomic E-state index is 12.1. The number of aryl methyl sites for hydroxylation is 2. The van der Waals surface area contributed by atoms with Crippen molar-refractivity contribution < 1.29 is 4.39 Å². The van der Waals surface area contributed by atoms with Crippen LogP contribution >= 0.6 is 0 Å². The first-order valence-electron chi connectivity index (χ1n) is 4.50. The zero-order valence-corrected chi connectivity index (χ0v) is 7.09. The number of nitrogens with zero attached hydrogens (tertiary/aromatic N) is 2. The molecule has 1 aromatic heterocycles. The molecule has 2 nitrogen and oxygen atoms in total. The molecule has 1 aromatic rings. The third-order valence-corrected chi connectivity index (χ3v) is 2.44. The van der Waals surface area contributed by atoms with Gasteiger partial charge in [0.05, 0.1) is 18.6 Å².